The van der Waals surface area contributed by atoms with Gasteiger partial charge in [0.2, 0.25) is 5.88 Å². The number of carbonyl (C=O) groups excluding carboxylic acids is 1. The third kappa shape index (κ3) is 3.41. The van der Waals surface area contributed by atoms with Gasteiger partial charge in [0.15, 0.2) is 5.65 Å². The topological polar surface area (TPSA) is 95.1 Å². The van der Waals surface area contributed by atoms with Crippen molar-refractivity contribution in [3.05, 3.63) is 53.7 Å². The number of aromatic nitrogens is 4. The van der Waals surface area contributed by atoms with Crippen LogP contribution in [-0.4, -0.2) is 32.8 Å². The highest BCUT2D eigenvalue weighted by atomic mass is 16.5. The number of anilines is 1. The predicted octanol–water partition coefficient (Wildman–Crippen LogP) is 4.54. The van der Waals surface area contributed by atoms with Crippen molar-refractivity contribution < 1.29 is 13.9 Å². The molecule has 0 saturated heterocycles. The summed E-state index contributed by atoms with van der Waals surface area (Å²) in [6.07, 6.45) is 3.28. The van der Waals surface area contributed by atoms with Gasteiger partial charge in [0, 0.05) is 17.8 Å². The normalized spacial score (nSPS) is 11.3. The van der Waals surface area contributed by atoms with Gasteiger partial charge >= 0.3 is 0 Å². The molecule has 4 heterocycles. The van der Waals surface area contributed by atoms with Crippen molar-refractivity contribution in [2.75, 3.05) is 12.4 Å². The molecular weight excluding hydrogens is 382 g/mol. The van der Waals surface area contributed by atoms with Gasteiger partial charge in [0.1, 0.15) is 17.2 Å². The number of rotatable bonds is 5. The zero-order valence-corrected chi connectivity index (χ0v) is 17.6. The Bertz CT molecular complexity index is 1240. The largest absolute Gasteiger partial charge is 0.480 e. The van der Waals surface area contributed by atoms with E-state index in [1.807, 2.05) is 38.4 Å². The predicted molar refractivity (Wildman–Crippen MR) is 114 cm³/mol. The van der Waals surface area contributed by atoms with E-state index in [-0.39, 0.29) is 11.9 Å². The summed E-state index contributed by atoms with van der Waals surface area (Å²) in [5, 5.41) is 8.02. The van der Waals surface area contributed by atoms with Crippen LogP contribution in [0.4, 0.5) is 5.69 Å². The van der Waals surface area contributed by atoms with Crippen LogP contribution in [0.1, 0.15) is 41.8 Å². The van der Waals surface area contributed by atoms with E-state index in [1.165, 1.54) is 7.11 Å². The smallest absolute Gasteiger partial charge is 0.256 e. The lowest BCUT2D eigenvalue weighted by Crippen LogP contribution is -2.14. The molecule has 1 N–H and O–H groups in total. The van der Waals surface area contributed by atoms with Crippen LogP contribution < -0.4 is 10.1 Å². The first-order chi connectivity index (χ1) is 14.4. The molecule has 0 fully saturated rings. The quantitative estimate of drug-likeness (QED) is 0.524. The van der Waals surface area contributed by atoms with Crippen molar-refractivity contribution in [3.63, 3.8) is 0 Å². The minimum absolute atomic E-state index is 0.0896. The van der Waals surface area contributed by atoms with E-state index in [4.69, 9.17) is 14.1 Å². The number of ether oxygens (including phenoxy) is 1. The Labute approximate surface area is 173 Å². The Morgan fingerprint density at radius 3 is 2.73 bits per heavy atom. The first-order valence-corrected chi connectivity index (χ1v) is 9.65. The van der Waals surface area contributed by atoms with E-state index in [2.05, 4.69) is 15.4 Å². The van der Waals surface area contributed by atoms with E-state index in [0.29, 0.717) is 33.9 Å². The summed E-state index contributed by atoms with van der Waals surface area (Å²) < 4.78 is 12.7. The highest BCUT2D eigenvalue weighted by molar-refractivity contribution is 6.13. The van der Waals surface area contributed by atoms with Gasteiger partial charge in [-0.2, -0.15) is 5.10 Å². The lowest BCUT2D eigenvalue weighted by molar-refractivity contribution is 0.102. The van der Waals surface area contributed by atoms with Crippen molar-refractivity contribution >= 4 is 22.6 Å². The second-order valence-corrected chi connectivity index (χ2v) is 7.32. The molecule has 4 rings (SSSR count). The molecule has 0 radical (unpaired) electrons. The van der Waals surface area contributed by atoms with Crippen molar-refractivity contribution in [2.45, 2.75) is 33.7 Å². The fourth-order valence-electron chi connectivity index (χ4n) is 3.45. The number of nitrogens with one attached hydrogen (secondary N) is 1. The number of fused-ring (bicyclic) bond motifs is 1. The highest BCUT2D eigenvalue weighted by Gasteiger charge is 2.21. The van der Waals surface area contributed by atoms with Crippen LogP contribution in [0.25, 0.3) is 22.3 Å². The van der Waals surface area contributed by atoms with Gasteiger partial charge in [-0.15, -0.1) is 0 Å². The van der Waals surface area contributed by atoms with Crippen LogP contribution in [0.2, 0.25) is 0 Å². The summed E-state index contributed by atoms with van der Waals surface area (Å²) in [5.41, 5.74) is 3.10. The number of amides is 1. The molecule has 0 bridgehead atoms. The molecule has 1 amide bonds. The van der Waals surface area contributed by atoms with Crippen LogP contribution in [-0.2, 0) is 0 Å². The maximum absolute atomic E-state index is 13.3. The van der Waals surface area contributed by atoms with Gasteiger partial charge in [-0.05, 0) is 52.0 Å². The maximum Gasteiger partial charge on any atom is 0.256 e. The van der Waals surface area contributed by atoms with E-state index in [9.17, 15) is 4.79 Å². The molecular formula is C22H23N5O3. The SMILES string of the molecule is COc1ncccc1NC(=O)c1cc(-c2cc(C)oc2C)nc2c1cnn2C(C)C. The fraction of sp³-hybridized carbons (Fsp3) is 0.273. The summed E-state index contributed by atoms with van der Waals surface area (Å²) in [6, 6.07) is 7.26. The van der Waals surface area contributed by atoms with E-state index >= 15 is 0 Å². The van der Waals surface area contributed by atoms with Crippen molar-refractivity contribution in [1.29, 1.82) is 0 Å². The third-order valence-corrected chi connectivity index (χ3v) is 4.83. The van der Waals surface area contributed by atoms with E-state index < -0.39 is 0 Å². The number of pyridine rings is 2. The molecule has 0 unspecified atom stereocenters. The Morgan fingerprint density at radius 1 is 1.27 bits per heavy atom. The minimum atomic E-state index is -0.295. The number of aryl methyl sites for hydroxylation is 2. The van der Waals surface area contributed by atoms with Crippen LogP contribution in [0, 0.1) is 13.8 Å². The highest BCUT2D eigenvalue weighted by Crippen LogP contribution is 2.31. The summed E-state index contributed by atoms with van der Waals surface area (Å²) in [6.45, 7) is 7.81. The summed E-state index contributed by atoms with van der Waals surface area (Å²) in [7, 11) is 1.51. The lowest BCUT2D eigenvalue weighted by Gasteiger charge is -2.12. The molecule has 0 aliphatic rings. The molecule has 0 saturated carbocycles. The van der Waals surface area contributed by atoms with E-state index in [1.54, 1.807) is 30.6 Å². The van der Waals surface area contributed by atoms with Gasteiger partial charge in [-0.25, -0.2) is 14.6 Å². The molecule has 0 aromatic carbocycles. The Kier molecular flexibility index (Phi) is 4.99. The fourth-order valence-corrected chi connectivity index (χ4v) is 3.45. The van der Waals surface area contributed by atoms with Gasteiger partial charge < -0.3 is 14.5 Å². The Hall–Kier alpha value is -3.68. The van der Waals surface area contributed by atoms with Gasteiger partial charge in [-0.3, -0.25) is 4.79 Å². The zero-order valence-electron chi connectivity index (χ0n) is 17.6. The lowest BCUT2D eigenvalue weighted by atomic mass is 10.1. The Balaban J connectivity index is 1.87. The number of furan rings is 1. The molecule has 0 aliphatic carbocycles. The molecule has 30 heavy (non-hydrogen) atoms. The maximum atomic E-state index is 13.3. The molecule has 8 nitrogen and oxygen atoms in total. The van der Waals surface area contributed by atoms with Crippen LogP contribution in [0.15, 0.2) is 41.1 Å². The van der Waals surface area contributed by atoms with Gasteiger partial charge in [0.05, 0.1) is 30.0 Å². The van der Waals surface area contributed by atoms with Gasteiger partial charge in [0.25, 0.3) is 5.91 Å². The van der Waals surface area contributed by atoms with Gasteiger partial charge in [-0.1, -0.05) is 0 Å². The first kappa shape index (κ1) is 19.6. The molecule has 4 aromatic rings. The summed E-state index contributed by atoms with van der Waals surface area (Å²) >= 11 is 0. The number of nitrogens with zero attached hydrogens (tertiary/aromatic N) is 4. The average molecular weight is 405 g/mol. The van der Waals surface area contributed by atoms with Crippen molar-refractivity contribution in [1.82, 2.24) is 19.7 Å². The molecule has 0 atom stereocenters. The standard InChI is InChI=1S/C22H23N5O3/c1-12(2)27-20-17(11-24-27)16(10-19(25-20)15-9-13(3)30-14(15)4)21(28)26-18-7-6-8-23-22(18)29-5/h6-12H,1-5H3,(H,26,28). The molecule has 0 aliphatic heterocycles. The molecule has 8 heteroatoms. The minimum Gasteiger partial charge on any atom is -0.480 e. The number of carbonyl (C=O) groups is 1. The molecule has 0 spiro atoms. The second-order valence-electron chi connectivity index (χ2n) is 7.32. The molecule has 4 aromatic heterocycles. The van der Waals surface area contributed by atoms with Crippen LogP contribution in [0.3, 0.4) is 0 Å². The average Bonchev–Trinajstić information content (AvgIpc) is 3.30. The second kappa shape index (κ2) is 7.62. The summed E-state index contributed by atoms with van der Waals surface area (Å²) in [4.78, 5) is 22.2. The number of hydrogen-bond acceptors (Lipinski definition) is 6. The van der Waals surface area contributed by atoms with E-state index in [0.717, 1.165) is 17.1 Å². The Morgan fingerprint density at radius 2 is 2.07 bits per heavy atom. The third-order valence-electron chi connectivity index (χ3n) is 4.83. The van der Waals surface area contributed by atoms with Crippen LogP contribution in [0.5, 0.6) is 5.88 Å². The van der Waals surface area contributed by atoms with Crippen LogP contribution >= 0.6 is 0 Å². The first-order valence-electron chi connectivity index (χ1n) is 9.65. The molecule has 154 valence electrons. The zero-order chi connectivity index (χ0) is 21.4. The summed E-state index contributed by atoms with van der Waals surface area (Å²) in [5.74, 6) is 1.58. The van der Waals surface area contributed by atoms with Crippen molar-refractivity contribution in [3.8, 4) is 17.1 Å². The number of hydrogen-bond donors (Lipinski definition) is 1. The number of methoxy groups -OCH3 is 1. The van der Waals surface area contributed by atoms with Crippen molar-refractivity contribution in [2.24, 2.45) is 0 Å². The monoisotopic (exact) mass is 405 g/mol.